The van der Waals surface area contributed by atoms with Gasteiger partial charge in [-0.05, 0) is 42.6 Å². The van der Waals surface area contributed by atoms with Crippen molar-refractivity contribution in [2.24, 2.45) is 0 Å². The summed E-state index contributed by atoms with van der Waals surface area (Å²) >= 11 is 4.23. The third kappa shape index (κ3) is 12.3. The fourth-order valence-corrected chi connectivity index (χ4v) is 3.44. The molecule has 1 aromatic carbocycles. The molecule has 0 aliphatic rings. The number of rotatable bonds is 16. The highest BCUT2D eigenvalue weighted by molar-refractivity contribution is 7.80. The Morgan fingerprint density at radius 1 is 0.760 bits per heavy atom. The van der Waals surface area contributed by atoms with Crippen molar-refractivity contribution in [1.82, 2.24) is 0 Å². The van der Waals surface area contributed by atoms with E-state index in [4.69, 9.17) is 0 Å². The molecule has 1 rings (SSSR count). The van der Waals surface area contributed by atoms with E-state index in [0.29, 0.717) is 12.2 Å². The second-order valence-corrected chi connectivity index (χ2v) is 7.74. The molecule has 142 valence electrons. The van der Waals surface area contributed by atoms with Crippen molar-refractivity contribution >= 4 is 18.4 Å². The lowest BCUT2D eigenvalue weighted by atomic mass is 10.0. The fourth-order valence-electron chi connectivity index (χ4n) is 3.21. The molecule has 0 unspecified atom stereocenters. The van der Waals surface area contributed by atoms with Gasteiger partial charge in [0, 0.05) is 12.8 Å². The molecule has 0 amide bonds. The molecule has 25 heavy (non-hydrogen) atoms. The quantitative estimate of drug-likeness (QED) is 0.248. The van der Waals surface area contributed by atoms with Crippen molar-refractivity contribution < 1.29 is 4.79 Å². The number of ketones is 1. The summed E-state index contributed by atoms with van der Waals surface area (Å²) in [7, 11) is 0. The Morgan fingerprint density at radius 2 is 1.32 bits per heavy atom. The van der Waals surface area contributed by atoms with Crippen molar-refractivity contribution in [1.29, 1.82) is 0 Å². The third-order valence-electron chi connectivity index (χ3n) is 4.86. The van der Waals surface area contributed by atoms with Gasteiger partial charge in [-0.3, -0.25) is 4.79 Å². The predicted molar refractivity (Wildman–Crippen MR) is 114 cm³/mol. The first kappa shape index (κ1) is 22.3. The van der Waals surface area contributed by atoms with Gasteiger partial charge in [0.2, 0.25) is 0 Å². The number of thiol groups is 1. The smallest absolute Gasteiger partial charge is 0.137 e. The SMILES string of the molecule is CCCCCCc1ccc(CC(=O)CCCCCCCCCS)cc1. The van der Waals surface area contributed by atoms with Crippen LogP contribution in [0, 0.1) is 0 Å². The molecule has 0 aromatic heterocycles. The molecule has 0 N–H and O–H groups in total. The van der Waals surface area contributed by atoms with Crippen LogP contribution in [-0.2, 0) is 17.6 Å². The van der Waals surface area contributed by atoms with E-state index in [0.717, 1.165) is 18.6 Å². The van der Waals surface area contributed by atoms with Crippen LogP contribution in [0.25, 0.3) is 0 Å². The molecule has 0 aliphatic heterocycles. The van der Waals surface area contributed by atoms with Gasteiger partial charge in [0.1, 0.15) is 5.78 Å². The number of Topliss-reactive ketones (excluding diaryl/α,β-unsaturated/α-hetero) is 1. The Balaban J connectivity index is 2.09. The van der Waals surface area contributed by atoms with Crippen LogP contribution in [0.5, 0.6) is 0 Å². The Labute approximate surface area is 161 Å². The molecular formula is C23H38OS. The summed E-state index contributed by atoms with van der Waals surface area (Å²) in [6.45, 7) is 2.25. The first-order valence-electron chi connectivity index (χ1n) is 10.5. The second kappa shape index (κ2) is 15.5. The number of carbonyl (C=O) groups excluding carboxylic acids is 1. The number of hydrogen-bond donors (Lipinski definition) is 1. The number of unbranched alkanes of at least 4 members (excludes halogenated alkanes) is 9. The van der Waals surface area contributed by atoms with Crippen LogP contribution in [0.2, 0.25) is 0 Å². The highest BCUT2D eigenvalue weighted by atomic mass is 32.1. The lowest BCUT2D eigenvalue weighted by Crippen LogP contribution is -2.02. The topological polar surface area (TPSA) is 17.1 Å². The van der Waals surface area contributed by atoms with Crippen LogP contribution in [-0.4, -0.2) is 11.5 Å². The van der Waals surface area contributed by atoms with Crippen LogP contribution in [0.3, 0.4) is 0 Å². The fraction of sp³-hybridized carbons (Fsp3) is 0.696. The van der Waals surface area contributed by atoms with Crippen LogP contribution < -0.4 is 0 Å². The van der Waals surface area contributed by atoms with E-state index in [1.165, 1.54) is 81.8 Å². The molecule has 0 atom stereocenters. The number of carbonyl (C=O) groups is 1. The Bertz CT molecular complexity index is 438. The average molecular weight is 363 g/mol. The van der Waals surface area contributed by atoms with Gasteiger partial charge in [-0.1, -0.05) is 82.6 Å². The summed E-state index contributed by atoms with van der Waals surface area (Å²) in [5, 5.41) is 0. The first-order chi connectivity index (χ1) is 12.3. The maximum atomic E-state index is 12.1. The summed E-state index contributed by atoms with van der Waals surface area (Å²) in [5.41, 5.74) is 2.58. The number of hydrogen-bond acceptors (Lipinski definition) is 2. The lowest BCUT2D eigenvalue weighted by Gasteiger charge is -2.05. The summed E-state index contributed by atoms with van der Waals surface area (Å²) in [5.74, 6) is 1.40. The highest BCUT2D eigenvalue weighted by Crippen LogP contribution is 2.13. The summed E-state index contributed by atoms with van der Waals surface area (Å²) in [6, 6.07) is 8.71. The van der Waals surface area contributed by atoms with Crippen molar-refractivity contribution in [3.63, 3.8) is 0 Å². The monoisotopic (exact) mass is 362 g/mol. The van der Waals surface area contributed by atoms with Crippen LogP contribution >= 0.6 is 12.6 Å². The normalized spacial score (nSPS) is 11.0. The molecule has 1 aromatic rings. The van der Waals surface area contributed by atoms with E-state index in [1.807, 2.05) is 0 Å². The zero-order valence-corrected chi connectivity index (χ0v) is 17.2. The van der Waals surface area contributed by atoms with Crippen LogP contribution in [0.4, 0.5) is 0 Å². The van der Waals surface area contributed by atoms with Gasteiger partial charge < -0.3 is 0 Å². The van der Waals surface area contributed by atoms with Gasteiger partial charge in [0.25, 0.3) is 0 Å². The zero-order valence-electron chi connectivity index (χ0n) is 16.3. The van der Waals surface area contributed by atoms with Crippen molar-refractivity contribution in [2.75, 3.05) is 5.75 Å². The Morgan fingerprint density at radius 3 is 1.96 bits per heavy atom. The summed E-state index contributed by atoms with van der Waals surface area (Å²) < 4.78 is 0. The molecule has 0 bridgehead atoms. The van der Waals surface area contributed by atoms with E-state index in [1.54, 1.807) is 0 Å². The molecule has 0 aliphatic carbocycles. The van der Waals surface area contributed by atoms with Gasteiger partial charge in [-0.2, -0.15) is 12.6 Å². The van der Waals surface area contributed by atoms with Crippen LogP contribution in [0.15, 0.2) is 24.3 Å². The summed E-state index contributed by atoms with van der Waals surface area (Å²) in [4.78, 5) is 12.1. The third-order valence-corrected chi connectivity index (χ3v) is 5.17. The second-order valence-electron chi connectivity index (χ2n) is 7.29. The first-order valence-corrected chi connectivity index (χ1v) is 11.1. The van der Waals surface area contributed by atoms with Gasteiger partial charge in [-0.15, -0.1) is 0 Å². The number of aryl methyl sites for hydroxylation is 1. The molecule has 1 nitrogen and oxygen atoms in total. The molecule has 0 saturated carbocycles. The molecule has 0 spiro atoms. The molecule has 0 saturated heterocycles. The van der Waals surface area contributed by atoms with E-state index in [-0.39, 0.29) is 0 Å². The van der Waals surface area contributed by atoms with E-state index in [2.05, 4.69) is 43.8 Å². The molecule has 0 heterocycles. The van der Waals surface area contributed by atoms with Crippen LogP contribution in [0.1, 0.15) is 95.1 Å². The zero-order chi connectivity index (χ0) is 18.2. The minimum absolute atomic E-state index is 0.394. The minimum Gasteiger partial charge on any atom is -0.299 e. The maximum absolute atomic E-state index is 12.1. The van der Waals surface area contributed by atoms with Crippen molar-refractivity contribution in [3.05, 3.63) is 35.4 Å². The average Bonchev–Trinajstić information content (AvgIpc) is 2.62. The Hall–Kier alpha value is -0.760. The van der Waals surface area contributed by atoms with Crippen molar-refractivity contribution in [2.45, 2.75) is 96.8 Å². The molecule has 2 heteroatoms. The minimum atomic E-state index is 0.394. The van der Waals surface area contributed by atoms with Gasteiger partial charge in [-0.25, -0.2) is 0 Å². The van der Waals surface area contributed by atoms with Gasteiger partial charge in [0.05, 0.1) is 0 Å². The number of benzene rings is 1. The lowest BCUT2D eigenvalue weighted by molar-refractivity contribution is -0.118. The highest BCUT2D eigenvalue weighted by Gasteiger charge is 2.04. The van der Waals surface area contributed by atoms with E-state index >= 15 is 0 Å². The summed E-state index contributed by atoms with van der Waals surface area (Å²) in [6.07, 6.45) is 16.4. The van der Waals surface area contributed by atoms with Gasteiger partial charge in [0.15, 0.2) is 0 Å². The Kier molecular flexibility index (Phi) is 13.8. The van der Waals surface area contributed by atoms with E-state index in [9.17, 15) is 4.79 Å². The molecule has 0 fully saturated rings. The van der Waals surface area contributed by atoms with Crippen molar-refractivity contribution in [3.8, 4) is 0 Å². The largest absolute Gasteiger partial charge is 0.299 e. The standard InChI is InChI=1S/C23H38OS/c1-2-3-4-10-13-21-15-17-22(18-16-21)20-23(24)14-11-8-6-5-7-9-12-19-25/h15-18,25H,2-14,19-20H2,1H3. The maximum Gasteiger partial charge on any atom is 0.137 e. The molecular weight excluding hydrogens is 324 g/mol. The van der Waals surface area contributed by atoms with E-state index < -0.39 is 0 Å². The predicted octanol–water partition coefficient (Wildman–Crippen LogP) is 6.97. The van der Waals surface area contributed by atoms with Gasteiger partial charge >= 0.3 is 0 Å². The molecule has 0 radical (unpaired) electrons.